The number of hydrogen-bond acceptors (Lipinski definition) is 6. The lowest BCUT2D eigenvalue weighted by atomic mass is 9.95. The molecule has 0 bridgehead atoms. The molecule has 0 radical (unpaired) electrons. The van der Waals surface area contributed by atoms with Crippen LogP contribution >= 0.6 is 0 Å². The summed E-state index contributed by atoms with van der Waals surface area (Å²) < 4.78 is 39.4. The van der Waals surface area contributed by atoms with Crippen LogP contribution in [0.4, 0.5) is 0 Å². The minimum absolute atomic E-state index is 0.184. The van der Waals surface area contributed by atoms with Gasteiger partial charge in [0.15, 0.2) is 11.5 Å². The summed E-state index contributed by atoms with van der Waals surface area (Å²) in [6, 6.07) is 23.2. The number of nitrogens with zero attached hydrogens (tertiary/aromatic N) is 2. The first-order chi connectivity index (χ1) is 18.5. The van der Waals surface area contributed by atoms with Crippen LogP contribution in [-0.4, -0.2) is 44.5 Å². The van der Waals surface area contributed by atoms with Gasteiger partial charge in [-0.3, -0.25) is 4.79 Å². The molecule has 0 saturated heterocycles. The largest absolute Gasteiger partial charge is 0.493 e. The number of hydrogen-bond donors (Lipinski definition) is 1. The monoisotopic (exact) mass is 535 g/mol. The fraction of sp³-hybridized carbons (Fsp3) is 0.310. The maximum atomic E-state index is 13.4. The molecule has 3 aromatic carbocycles. The van der Waals surface area contributed by atoms with Crippen LogP contribution in [0.15, 0.2) is 88.9 Å². The van der Waals surface area contributed by atoms with E-state index in [9.17, 15) is 13.2 Å². The molecule has 38 heavy (non-hydrogen) atoms. The summed E-state index contributed by atoms with van der Waals surface area (Å²) in [5, 5.41) is 4.05. The minimum Gasteiger partial charge on any atom is -0.493 e. The van der Waals surface area contributed by atoms with Crippen LogP contribution in [0, 0.1) is 0 Å². The molecule has 1 aliphatic carbocycles. The highest BCUT2D eigenvalue weighted by atomic mass is 32.2. The quantitative estimate of drug-likeness (QED) is 0.282. The van der Waals surface area contributed by atoms with Crippen molar-refractivity contribution >= 4 is 22.1 Å². The van der Waals surface area contributed by atoms with E-state index in [0.29, 0.717) is 23.7 Å². The fourth-order valence-electron chi connectivity index (χ4n) is 4.48. The second kappa shape index (κ2) is 13.2. The van der Waals surface area contributed by atoms with Crippen molar-refractivity contribution < 1.29 is 22.7 Å². The Bertz CT molecular complexity index is 1320. The predicted octanol–water partition coefficient (Wildman–Crippen LogP) is 4.75. The van der Waals surface area contributed by atoms with Gasteiger partial charge < -0.3 is 9.47 Å². The Labute approximate surface area is 224 Å². The number of carbonyl (C=O) groups is 1. The van der Waals surface area contributed by atoms with Gasteiger partial charge in [0.2, 0.25) is 10.0 Å². The molecule has 0 unspecified atom stereocenters. The molecular formula is C29H33N3O5S. The Morgan fingerprint density at radius 3 is 2.34 bits per heavy atom. The average Bonchev–Trinajstić information content (AvgIpc) is 2.96. The SMILES string of the molecule is COc1cc(/C=N\NC(=O)CN(C2CCCCC2)S(=O)(=O)c2ccccc2)ccc1OCc1ccccc1. The van der Waals surface area contributed by atoms with Gasteiger partial charge in [-0.1, -0.05) is 67.8 Å². The van der Waals surface area contributed by atoms with E-state index >= 15 is 0 Å². The third-order valence-corrected chi connectivity index (χ3v) is 8.37. The second-order valence-electron chi connectivity index (χ2n) is 9.13. The standard InChI is InChI=1S/C29H33N3O5S/c1-36-28-19-24(17-18-27(28)37-22-23-11-5-2-6-12-23)20-30-31-29(33)21-32(25-13-7-3-8-14-25)38(34,35)26-15-9-4-10-16-26/h2,4-6,9-12,15-20,25H,3,7-8,13-14,21-22H2,1H3,(H,31,33)/b30-20-. The molecule has 1 amide bonds. The molecule has 0 aliphatic heterocycles. The Morgan fingerprint density at radius 1 is 0.974 bits per heavy atom. The van der Waals surface area contributed by atoms with Crippen molar-refractivity contribution in [1.82, 2.24) is 9.73 Å². The van der Waals surface area contributed by atoms with Crippen molar-refractivity contribution in [3.05, 3.63) is 90.0 Å². The molecule has 0 atom stereocenters. The molecule has 1 N–H and O–H groups in total. The molecule has 8 nitrogen and oxygen atoms in total. The summed E-state index contributed by atoms with van der Waals surface area (Å²) in [7, 11) is -2.27. The molecule has 0 spiro atoms. The lowest BCUT2D eigenvalue weighted by Gasteiger charge is -2.32. The maximum Gasteiger partial charge on any atom is 0.255 e. The lowest BCUT2D eigenvalue weighted by Crippen LogP contribution is -2.46. The van der Waals surface area contributed by atoms with Gasteiger partial charge in [-0.25, -0.2) is 13.8 Å². The van der Waals surface area contributed by atoms with Crippen molar-refractivity contribution in [2.45, 2.75) is 49.6 Å². The van der Waals surface area contributed by atoms with Crippen LogP contribution in [0.1, 0.15) is 43.2 Å². The van der Waals surface area contributed by atoms with Crippen LogP contribution < -0.4 is 14.9 Å². The van der Waals surface area contributed by atoms with Gasteiger partial charge in [-0.2, -0.15) is 9.41 Å². The zero-order valence-corrected chi connectivity index (χ0v) is 22.3. The summed E-state index contributed by atoms with van der Waals surface area (Å²) in [4.78, 5) is 13.0. The van der Waals surface area contributed by atoms with Gasteiger partial charge in [0.1, 0.15) is 6.61 Å². The summed E-state index contributed by atoms with van der Waals surface area (Å²) in [6.45, 7) is 0.110. The van der Waals surface area contributed by atoms with Gasteiger partial charge in [-0.05, 0) is 54.3 Å². The molecule has 0 heterocycles. The van der Waals surface area contributed by atoms with E-state index < -0.39 is 15.9 Å². The summed E-state index contributed by atoms with van der Waals surface area (Å²) in [5.41, 5.74) is 4.21. The summed E-state index contributed by atoms with van der Waals surface area (Å²) in [6.07, 6.45) is 5.92. The number of carbonyl (C=O) groups excluding carboxylic acids is 1. The molecule has 200 valence electrons. The second-order valence-corrected chi connectivity index (χ2v) is 11.0. The third-order valence-electron chi connectivity index (χ3n) is 6.46. The lowest BCUT2D eigenvalue weighted by molar-refractivity contribution is -0.121. The van der Waals surface area contributed by atoms with E-state index in [2.05, 4.69) is 10.5 Å². The molecule has 4 rings (SSSR count). The van der Waals surface area contributed by atoms with Crippen molar-refractivity contribution in [2.24, 2.45) is 5.10 Å². The van der Waals surface area contributed by atoms with Gasteiger partial charge in [0.05, 0.1) is 24.8 Å². The van der Waals surface area contributed by atoms with Gasteiger partial charge in [-0.15, -0.1) is 0 Å². The van der Waals surface area contributed by atoms with Gasteiger partial charge >= 0.3 is 0 Å². The zero-order valence-electron chi connectivity index (χ0n) is 21.5. The van der Waals surface area contributed by atoms with Crippen LogP contribution in [0.25, 0.3) is 0 Å². The first-order valence-electron chi connectivity index (χ1n) is 12.7. The average molecular weight is 536 g/mol. The van der Waals surface area contributed by atoms with E-state index in [4.69, 9.17) is 9.47 Å². The summed E-state index contributed by atoms with van der Waals surface area (Å²) in [5.74, 6) is 0.626. The highest BCUT2D eigenvalue weighted by Gasteiger charge is 2.33. The number of sulfonamides is 1. The number of amides is 1. The number of methoxy groups -OCH3 is 1. The molecule has 1 fully saturated rings. The van der Waals surface area contributed by atoms with Gasteiger partial charge in [0.25, 0.3) is 5.91 Å². The molecule has 9 heteroatoms. The molecular weight excluding hydrogens is 502 g/mol. The van der Waals surface area contributed by atoms with Crippen LogP contribution in [0.3, 0.4) is 0 Å². The predicted molar refractivity (Wildman–Crippen MR) is 147 cm³/mol. The highest BCUT2D eigenvalue weighted by molar-refractivity contribution is 7.89. The molecule has 0 aromatic heterocycles. The first-order valence-corrected chi connectivity index (χ1v) is 14.1. The molecule has 3 aromatic rings. The number of ether oxygens (including phenoxy) is 2. The zero-order chi connectivity index (χ0) is 26.8. The summed E-state index contributed by atoms with van der Waals surface area (Å²) >= 11 is 0. The number of hydrazone groups is 1. The van der Waals surface area contributed by atoms with Crippen molar-refractivity contribution in [3.63, 3.8) is 0 Å². The number of benzene rings is 3. The smallest absolute Gasteiger partial charge is 0.255 e. The van der Waals surface area contributed by atoms with Crippen LogP contribution in [0.5, 0.6) is 11.5 Å². The fourth-order valence-corrected chi connectivity index (χ4v) is 6.14. The Hall–Kier alpha value is -3.69. The maximum absolute atomic E-state index is 13.4. The number of nitrogens with one attached hydrogen (secondary N) is 1. The van der Waals surface area contributed by atoms with Crippen molar-refractivity contribution in [1.29, 1.82) is 0 Å². The van der Waals surface area contributed by atoms with E-state index in [1.165, 1.54) is 10.5 Å². The number of rotatable bonds is 11. The van der Waals surface area contributed by atoms with E-state index in [1.807, 2.05) is 30.3 Å². The highest BCUT2D eigenvalue weighted by Crippen LogP contribution is 2.29. The van der Waals surface area contributed by atoms with Crippen molar-refractivity contribution in [2.75, 3.05) is 13.7 Å². The third kappa shape index (κ3) is 7.20. The van der Waals surface area contributed by atoms with Gasteiger partial charge in [0, 0.05) is 6.04 Å². The van der Waals surface area contributed by atoms with E-state index in [0.717, 1.165) is 37.7 Å². The van der Waals surface area contributed by atoms with E-state index in [-0.39, 0.29) is 17.5 Å². The molecule has 1 saturated carbocycles. The first kappa shape index (κ1) is 27.3. The Morgan fingerprint density at radius 2 is 1.66 bits per heavy atom. The normalized spacial score (nSPS) is 14.5. The Kier molecular flexibility index (Phi) is 9.51. The van der Waals surface area contributed by atoms with Crippen LogP contribution in [0.2, 0.25) is 0 Å². The topological polar surface area (TPSA) is 97.3 Å². The Balaban J connectivity index is 1.40. The minimum atomic E-state index is -3.82. The van der Waals surface area contributed by atoms with Crippen molar-refractivity contribution in [3.8, 4) is 11.5 Å². The molecule has 1 aliphatic rings. The van der Waals surface area contributed by atoms with Crippen LogP contribution in [-0.2, 0) is 21.4 Å². The van der Waals surface area contributed by atoms with E-state index in [1.54, 1.807) is 55.6 Å².